The van der Waals surface area contributed by atoms with E-state index in [1.807, 2.05) is 86.1 Å². The number of nitrogens with one attached hydrogen (secondary N) is 2. The minimum Gasteiger partial charge on any atom is -0.347 e. The van der Waals surface area contributed by atoms with Gasteiger partial charge in [0.05, 0.1) is 26.8 Å². The third kappa shape index (κ3) is 7.28. The van der Waals surface area contributed by atoms with Crippen LogP contribution in [0.15, 0.2) is 83.4 Å². The standard InChI is InChI=1S/C37H37ClF3N3O4S2/c1-24-31(23-45)33(34(44(24)5)26-9-11-28(38)12-10-26)27-8-6-7-25(21-27)13-17-35(2)18-14-29(15-19-35)43-49(46)30-16-20-36(3,42-4)32(22-30)50(47,48)37(39,40)41/h6-12,14-15,18,21-23,30,42-43H,16,19-20H2,1-5H3/t30?,35?,36-,49?/m0/s1. The Kier molecular flexibility index (Phi) is 10.5. The van der Waals surface area contributed by atoms with E-state index in [9.17, 15) is 30.6 Å². The Morgan fingerprint density at radius 1 is 1.12 bits per heavy atom. The maximum absolute atomic E-state index is 13.5. The molecule has 7 nitrogen and oxygen atoms in total. The Hall–Kier alpha value is -3.89. The molecule has 3 unspecified atom stereocenters. The van der Waals surface area contributed by atoms with E-state index >= 15 is 0 Å². The normalized spacial score (nSPS) is 22.9. The average molecular weight is 744 g/mol. The smallest absolute Gasteiger partial charge is 0.347 e. The van der Waals surface area contributed by atoms with Crippen LogP contribution in [0.25, 0.3) is 22.4 Å². The Morgan fingerprint density at radius 3 is 2.42 bits per heavy atom. The quantitative estimate of drug-likeness (QED) is 0.184. The minimum absolute atomic E-state index is 0.0508. The minimum atomic E-state index is -5.63. The second-order valence-corrected chi connectivity index (χ2v) is 16.6. The average Bonchev–Trinajstić information content (AvgIpc) is 3.34. The molecule has 13 heteroatoms. The predicted molar refractivity (Wildman–Crippen MR) is 193 cm³/mol. The molecular formula is C37H37ClF3N3O4S2. The Morgan fingerprint density at radius 2 is 1.82 bits per heavy atom. The highest BCUT2D eigenvalue weighted by molar-refractivity contribution is 7.96. The summed E-state index contributed by atoms with van der Waals surface area (Å²) in [5.41, 5.74) is -1.40. The molecule has 0 spiro atoms. The summed E-state index contributed by atoms with van der Waals surface area (Å²) in [6.45, 7) is 5.24. The van der Waals surface area contributed by atoms with Crippen LogP contribution in [0, 0.1) is 24.2 Å². The third-order valence-corrected chi connectivity index (χ3v) is 12.8. The van der Waals surface area contributed by atoms with E-state index < -0.39 is 47.4 Å². The van der Waals surface area contributed by atoms with E-state index in [-0.39, 0.29) is 12.8 Å². The maximum Gasteiger partial charge on any atom is 0.501 e. The number of aldehydes is 1. The number of likely N-dealkylation sites (N-methyl/N-ethyl adjacent to an activating group) is 1. The summed E-state index contributed by atoms with van der Waals surface area (Å²) in [5, 5.41) is 2.35. The largest absolute Gasteiger partial charge is 0.501 e. The van der Waals surface area contributed by atoms with Crippen LogP contribution >= 0.6 is 11.6 Å². The summed E-state index contributed by atoms with van der Waals surface area (Å²) in [6.07, 6.45) is 7.94. The van der Waals surface area contributed by atoms with Crippen LogP contribution in [0.3, 0.4) is 0 Å². The van der Waals surface area contributed by atoms with E-state index in [0.29, 0.717) is 22.7 Å². The molecule has 2 aliphatic carbocycles. The molecule has 0 radical (unpaired) electrons. The number of allylic oxidation sites excluding steroid dienone is 3. The molecule has 2 N–H and O–H groups in total. The zero-order valence-electron chi connectivity index (χ0n) is 28.1. The van der Waals surface area contributed by atoms with Gasteiger partial charge < -0.3 is 14.6 Å². The number of alkyl halides is 3. The molecule has 1 aromatic heterocycles. The first-order valence-electron chi connectivity index (χ1n) is 15.8. The van der Waals surface area contributed by atoms with Gasteiger partial charge in [-0.05, 0) is 88.5 Å². The molecule has 0 saturated carbocycles. The van der Waals surface area contributed by atoms with Crippen molar-refractivity contribution in [3.05, 3.63) is 105 Å². The molecule has 50 heavy (non-hydrogen) atoms. The number of nitrogens with zero attached hydrogens (tertiary/aromatic N) is 1. The first-order chi connectivity index (χ1) is 23.4. The highest BCUT2D eigenvalue weighted by Gasteiger charge is 2.54. The molecule has 0 amide bonds. The molecule has 0 saturated heterocycles. The molecule has 0 bridgehead atoms. The highest BCUT2D eigenvalue weighted by atomic mass is 35.5. The number of rotatable bonds is 8. The monoisotopic (exact) mass is 743 g/mol. The van der Waals surface area contributed by atoms with Crippen molar-refractivity contribution >= 4 is 38.7 Å². The lowest BCUT2D eigenvalue weighted by atomic mass is 9.83. The predicted octanol–water partition coefficient (Wildman–Crippen LogP) is 7.55. The number of hydrogen-bond donors (Lipinski definition) is 2. The maximum atomic E-state index is 13.5. The van der Waals surface area contributed by atoms with Gasteiger partial charge in [0.2, 0.25) is 0 Å². The molecule has 2 aromatic carbocycles. The van der Waals surface area contributed by atoms with Crippen LogP contribution < -0.4 is 10.0 Å². The lowest BCUT2D eigenvalue weighted by molar-refractivity contribution is -0.0431. The van der Waals surface area contributed by atoms with Crippen molar-refractivity contribution in [2.45, 2.75) is 56.3 Å². The van der Waals surface area contributed by atoms with Crippen molar-refractivity contribution in [2.24, 2.45) is 12.5 Å². The van der Waals surface area contributed by atoms with Crippen LogP contribution in [-0.2, 0) is 27.9 Å². The van der Waals surface area contributed by atoms with Crippen LogP contribution in [0.1, 0.15) is 54.7 Å². The van der Waals surface area contributed by atoms with E-state index in [1.165, 1.54) is 14.0 Å². The molecule has 1 heterocycles. The van der Waals surface area contributed by atoms with Gasteiger partial charge in [-0.2, -0.15) is 13.2 Å². The molecule has 3 aromatic rings. The molecule has 4 atom stereocenters. The SMILES string of the molecule is CN[C@@]1(C)CCC(S(=O)NC2=CCC(C)(C#Cc3cccc(-c4c(C=O)c(C)n(C)c4-c4ccc(Cl)cc4)c3)C=C2)C=C1S(=O)(=O)C(F)(F)F. The van der Waals surface area contributed by atoms with Gasteiger partial charge in [0.25, 0.3) is 9.84 Å². The summed E-state index contributed by atoms with van der Waals surface area (Å²) in [4.78, 5) is 11.5. The van der Waals surface area contributed by atoms with Gasteiger partial charge >= 0.3 is 5.51 Å². The number of carbonyl (C=O) groups is 1. The first-order valence-corrected chi connectivity index (χ1v) is 18.8. The van der Waals surface area contributed by atoms with Crippen LogP contribution in [0.5, 0.6) is 0 Å². The lowest BCUT2D eigenvalue weighted by Crippen LogP contribution is -2.50. The van der Waals surface area contributed by atoms with E-state index in [4.69, 9.17) is 11.6 Å². The number of hydrogen-bond acceptors (Lipinski definition) is 5. The summed E-state index contributed by atoms with van der Waals surface area (Å²) in [7, 11) is -4.21. The van der Waals surface area contributed by atoms with Gasteiger partial charge in [0.1, 0.15) is 11.0 Å². The fraction of sp³-hybridized carbons (Fsp3) is 0.324. The molecular weight excluding hydrogens is 707 g/mol. The van der Waals surface area contributed by atoms with Gasteiger partial charge in [-0.25, -0.2) is 12.6 Å². The van der Waals surface area contributed by atoms with Crippen molar-refractivity contribution in [3.63, 3.8) is 0 Å². The Labute approximate surface area is 298 Å². The van der Waals surface area contributed by atoms with Crippen molar-refractivity contribution in [1.29, 1.82) is 0 Å². The summed E-state index contributed by atoms with van der Waals surface area (Å²) < 4.78 is 83.3. The zero-order valence-corrected chi connectivity index (χ0v) is 30.5. The van der Waals surface area contributed by atoms with Gasteiger partial charge in [-0.15, -0.1) is 0 Å². The van der Waals surface area contributed by atoms with Crippen molar-refractivity contribution in [1.82, 2.24) is 14.6 Å². The van der Waals surface area contributed by atoms with Gasteiger partial charge in [-0.1, -0.05) is 65.9 Å². The van der Waals surface area contributed by atoms with Gasteiger partial charge in [0, 0.05) is 40.2 Å². The summed E-state index contributed by atoms with van der Waals surface area (Å²) >= 11 is 6.14. The van der Waals surface area contributed by atoms with E-state index in [0.717, 1.165) is 46.0 Å². The zero-order chi connectivity index (χ0) is 36.6. The molecule has 5 rings (SSSR count). The second kappa shape index (κ2) is 14.0. The van der Waals surface area contributed by atoms with Crippen LogP contribution in [-0.4, -0.2) is 46.8 Å². The van der Waals surface area contributed by atoms with Gasteiger partial charge in [-0.3, -0.25) is 4.79 Å². The molecule has 0 aliphatic heterocycles. The number of benzene rings is 2. The molecule has 0 fully saturated rings. The topological polar surface area (TPSA) is 97.3 Å². The highest BCUT2D eigenvalue weighted by Crippen LogP contribution is 2.41. The fourth-order valence-corrected chi connectivity index (χ4v) is 8.91. The van der Waals surface area contributed by atoms with Crippen LogP contribution in [0.4, 0.5) is 13.2 Å². The first kappa shape index (κ1) is 37.4. The number of carbonyl (C=O) groups excluding carboxylic acids is 1. The number of aromatic nitrogens is 1. The van der Waals surface area contributed by atoms with E-state index in [2.05, 4.69) is 21.9 Å². The van der Waals surface area contributed by atoms with Gasteiger partial charge in [0.15, 0.2) is 6.29 Å². The van der Waals surface area contributed by atoms with Crippen molar-refractivity contribution in [2.75, 3.05) is 7.05 Å². The van der Waals surface area contributed by atoms with Crippen LogP contribution in [0.2, 0.25) is 5.02 Å². The second-order valence-electron chi connectivity index (χ2n) is 12.9. The van der Waals surface area contributed by atoms with Crippen molar-refractivity contribution in [3.8, 4) is 34.2 Å². The van der Waals surface area contributed by atoms with Crippen molar-refractivity contribution < 1.29 is 30.6 Å². The number of halogens is 4. The molecule has 2 aliphatic rings. The molecule has 264 valence electrons. The fourth-order valence-electron chi connectivity index (χ4n) is 6.18. The summed E-state index contributed by atoms with van der Waals surface area (Å²) in [6, 6.07) is 15.1. The Balaban J connectivity index is 1.35. The third-order valence-electron chi connectivity index (χ3n) is 9.44. The summed E-state index contributed by atoms with van der Waals surface area (Å²) in [5.74, 6) is 6.57. The number of sulfone groups is 1. The lowest BCUT2D eigenvalue weighted by Gasteiger charge is -2.37. The Bertz CT molecular complexity index is 2130. The van der Waals surface area contributed by atoms with E-state index in [1.54, 1.807) is 6.08 Å².